The van der Waals surface area contributed by atoms with Crippen LogP contribution in [0.2, 0.25) is 0 Å². The van der Waals surface area contributed by atoms with Crippen molar-refractivity contribution >= 4 is 22.6 Å². The molecule has 140 valence electrons. The number of unbranched alkanes of at least 4 members (excludes halogenated alkanes) is 2. The van der Waals surface area contributed by atoms with Crippen LogP contribution in [0, 0.1) is 27.9 Å². The molecule has 0 radical (unpaired) electrons. The lowest BCUT2D eigenvalue weighted by Gasteiger charge is -2.06. The van der Waals surface area contributed by atoms with E-state index in [4.69, 9.17) is 15.9 Å². The molecular weight excluding hydrogens is 451 g/mol. The normalized spacial score (nSPS) is 9.85. The van der Waals surface area contributed by atoms with Gasteiger partial charge in [0.2, 0.25) is 0 Å². The lowest BCUT2D eigenvalue weighted by molar-refractivity contribution is 0.308. The Hall–Kier alpha value is -2.25. The minimum atomic E-state index is 0.507. The van der Waals surface area contributed by atoms with E-state index >= 15 is 0 Å². The fraction of sp³-hybridized carbons (Fsp3) is 0.364. The van der Waals surface area contributed by atoms with Gasteiger partial charge in [-0.25, -0.2) is 9.97 Å². The summed E-state index contributed by atoms with van der Waals surface area (Å²) in [6.45, 7) is 5.59. The summed E-state index contributed by atoms with van der Waals surface area (Å²) >= 11 is 2.16. The molecule has 0 bridgehead atoms. The number of aromatic nitrogens is 2. The maximum atomic E-state index is 5.76. The molecule has 0 spiro atoms. The summed E-state index contributed by atoms with van der Waals surface area (Å²) in [7, 11) is 0. The largest absolute Gasteiger partial charge is 0.493 e. The highest BCUT2D eigenvalue weighted by atomic mass is 127. The molecule has 2 rings (SSSR count). The van der Waals surface area contributed by atoms with E-state index in [9.17, 15) is 0 Å². The molecule has 0 saturated carbocycles. The summed E-state index contributed by atoms with van der Waals surface area (Å²) in [5, 5.41) is 0. The third-order valence-corrected chi connectivity index (χ3v) is 4.12. The van der Waals surface area contributed by atoms with Crippen molar-refractivity contribution in [2.45, 2.75) is 39.5 Å². The maximum Gasteiger partial charge on any atom is 0.124 e. The van der Waals surface area contributed by atoms with E-state index in [0.717, 1.165) is 35.1 Å². The zero-order valence-corrected chi connectivity index (χ0v) is 17.9. The fourth-order valence-electron chi connectivity index (χ4n) is 2.14. The van der Waals surface area contributed by atoms with Gasteiger partial charge in [-0.15, -0.1) is 6.42 Å². The summed E-state index contributed by atoms with van der Waals surface area (Å²) in [5.41, 5.74) is 1.70. The van der Waals surface area contributed by atoms with Crippen LogP contribution in [0.25, 0.3) is 0 Å². The van der Waals surface area contributed by atoms with Crippen molar-refractivity contribution in [2.24, 2.45) is 0 Å². The van der Waals surface area contributed by atoms with Gasteiger partial charge in [0.25, 0.3) is 0 Å². The second-order valence-electron chi connectivity index (χ2n) is 5.88. The van der Waals surface area contributed by atoms with Gasteiger partial charge >= 0.3 is 0 Å². The first-order chi connectivity index (χ1) is 13.1. The SMILES string of the molecule is C#Cc1cc(OCCCC)cc(C#Cc2cc(OCCCC)cc(I)n2)n1. The third kappa shape index (κ3) is 7.48. The van der Waals surface area contributed by atoms with Crippen LogP contribution in [0.4, 0.5) is 0 Å². The highest BCUT2D eigenvalue weighted by Gasteiger charge is 2.03. The molecule has 0 unspecified atom stereocenters. The molecule has 0 saturated heterocycles. The Bertz CT molecular complexity index is 863. The number of nitrogens with zero attached hydrogens (tertiary/aromatic N) is 2. The smallest absolute Gasteiger partial charge is 0.124 e. The molecule has 0 amide bonds. The first-order valence-corrected chi connectivity index (χ1v) is 10.2. The summed E-state index contributed by atoms with van der Waals surface area (Å²) in [6.07, 6.45) is 9.67. The first-order valence-electron chi connectivity index (χ1n) is 9.08. The molecule has 2 aromatic rings. The van der Waals surface area contributed by atoms with Crippen LogP contribution in [-0.2, 0) is 0 Å². The lowest BCUT2D eigenvalue weighted by atomic mass is 10.2. The van der Waals surface area contributed by atoms with E-state index in [1.165, 1.54) is 0 Å². The van der Waals surface area contributed by atoms with Crippen LogP contribution >= 0.6 is 22.6 Å². The van der Waals surface area contributed by atoms with E-state index in [-0.39, 0.29) is 0 Å². The van der Waals surface area contributed by atoms with Gasteiger partial charge in [0.15, 0.2) is 0 Å². The molecule has 27 heavy (non-hydrogen) atoms. The van der Waals surface area contributed by atoms with Crippen LogP contribution in [0.15, 0.2) is 24.3 Å². The molecule has 0 aliphatic carbocycles. The van der Waals surface area contributed by atoms with Crippen molar-refractivity contribution in [3.05, 3.63) is 45.0 Å². The van der Waals surface area contributed by atoms with Crippen molar-refractivity contribution in [1.82, 2.24) is 9.97 Å². The Morgan fingerprint density at radius 1 is 0.852 bits per heavy atom. The number of ether oxygens (including phenoxy) is 2. The van der Waals surface area contributed by atoms with Crippen LogP contribution in [0.1, 0.15) is 56.6 Å². The average Bonchev–Trinajstić information content (AvgIpc) is 2.66. The van der Waals surface area contributed by atoms with E-state index in [2.05, 4.69) is 64.2 Å². The zero-order chi connectivity index (χ0) is 19.5. The second kappa shape index (κ2) is 11.5. The molecule has 0 aliphatic heterocycles. The highest BCUT2D eigenvalue weighted by molar-refractivity contribution is 14.1. The van der Waals surface area contributed by atoms with Gasteiger partial charge in [0.05, 0.1) is 13.2 Å². The number of pyridine rings is 2. The predicted molar refractivity (Wildman–Crippen MR) is 116 cm³/mol. The van der Waals surface area contributed by atoms with Crippen molar-refractivity contribution in [3.8, 4) is 35.7 Å². The topological polar surface area (TPSA) is 44.2 Å². The summed E-state index contributed by atoms with van der Waals surface area (Å²) in [6, 6.07) is 7.30. The highest BCUT2D eigenvalue weighted by Crippen LogP contribution is 2.17. The van der Waals surface area contributed by atoms with Crippen LogP contribution < -0.4 is 9.47 Å². The summed E-state index contributed by atoms with van der Waals surface area (Å²) < 4.78 is 12.3. The molecular formula is C22H23IN2O2. The molecule has 0 N–H and O–H groups in total. The van der Waals surface area contributed by atoms with Gasteiger partial charge in [0.1, 0.15) is 32.3 Å². The fourth-order valence-corrected chi connectivity index (χ4v) is 2.71. The van der Waals surface area contributed by atoms with Gasteiger partial charge in [-0.2, -0.15) is 0 Å². The number of hydrogen-bond donors (Lipinski definition) is 0. The van der Waals surface area contributed by atoms with E-state index in [0.29, 0.717) is 36.0 Å². The molecule has 0 aliphatic rings. The monoisotopic (exact) mass is 474 g/mol. The van der Waals surface area contributed by atoms with Crippen LogP contribution in [0.3, 0.4) is 0 Å². The average molecular weight is 474 g/mol. The molecule has 2 heterocycles. The maximum absolute atomic E-state index is 5.76. The quantitative estimate of drug-likeness (QED) is 0.238. The predicted octanol–water partition coefficient (Wildman–Crippen LogP) is 4.82. The number of halogens is 1. The van der Waals surface area contributed by atoms with Gasteiger partial charge < -0.3 is 9.47 Å². The van der Waals surface area contributed by atoms with E-state index < -0.39 is 0 Å². The van der Waals surface area contributed by atoms with E-state index in [1.54, 1.807) is 12.1 Å². The molecule has 0 fully saturated rings. The summed E-state index contributed by atoms with van der Waals surface area (Å²) in [4.78, 5) is 8.79. The van der Waals surface area contributed by atoms with Crippen molar-refractivity contribution in [1.29, 1.82) is 0 Å². The van der Waals surface area contributed by atoms with E-state index in [1.807, 2.05) is 12.1 Å². The Morgan fingerprint density at radius 3 is 1.93 bits per heavy atom. The Morgan fingerprint density at radius 2 is 1.37 bits per heavy atom. The van der Waals surface area contributed by atoms with Gasteiger partial charge in [-0.05, 0) is 47.3 Å². The lowest BCUT2D eigenvalue weighted by Crippen LogP contribution is -1.99. The third-order valence-electron chi connectivity index (χ3n) is 3.57. The Balaban J connectivity index is 2.20. The number of rotatable bonds is 8. The molecule has 0 aromatic carbocycles. The first kappa shape index (κ1) is 21.1. The number of hydrogen-bond acceptors (Lipinski definition) is 4. The van der Waals surface area contributed by atoms with Crippen molar-refractivity contribution in [3.63, 3.8) is 0 Å². The molecule has 5 heteroatoms. The summed E-state index contributed by atoms with van der Waals surface area (Å²) in [5.74, 6) is 10.1. The molecule has 2 aromatic heterocycles. The zero-order valence-electron chi connectivity index (χ0n) is 15.7. The van der Waals surface area contributed by atoms with Crippen LogP contribution in [-0.4, -0.2) is 23.2 Å². The van der Waals surface area contributed by atoms with Gasteiger partial charge in [-0.3, -0.25) is 0 Å². The minimum absolute atomic E-state index is 0.507. The standard InChI is InChI=1S/C22H23IN2O2/c1-4-7-11-26-20-13-17(6-3)24-18(14-20)9-10-19-15-21(16-22(23)25-19)27-12-8-5-2/h3,13-16H,4-5,7-8,11-12H2,1-2H3. The second-order valence-corrected chi connectivity index (χ2v) is 6.99. The molecule has 0 atom stereocenters. The van der Waals surface area contributed by atoms with Gasteiger partial charge in [0, 0.05) is 24.3 Å². The molecule has 4 nitrogen and oxygen atoms in total. The minimum Gasteiger partial charge on any atom is -0.493 e. The number of terminal acetylenes is 1. The van der Waals surface area contributed by atoms with Crippen LogP contribution in [0.5, 0.6) is 11.5 Å². The Kier molecular flexibility index (Phi) is 8.94. The van der Waals surface area contributed by atoms with Gasteiger partial charge in [-0.1, -0.05) is 32.6 Å². The van der Waals surface area contributed by atoms with Crippen molar-refractivity contribution < 1.29 is 9.47 Å². The Labute approximate surface area is 175 Å². The van der Waals surface area contributed by atoms with Crippen molar-refractivity contribution in [2.75, 3.05) is 13.2 Å².